The number of rotatable bonds is 7. The number of ether oxygens (including phenoxy) is 2. The van der Waals surface area contributed by atoms with Gasteiger partial charge in [-0.05, 0) is 37.0 Å². The van der Waals surface area contributed by atoms with Crippen molar-refractivity contribution in [3.8, 4) is 11.5 Å². The molecule has 1 heterocycles. The molecule has 0 unspecified atom stereocenters. The summed E-state index contributed by atoms with van der Waals surface area (Å²) in [6.07, 6.45) is 3.29. The van der Waals surface area contributed by atoms with Crippen molar-refractivity contribution in [1.29, 1.82) is 0 Å². The number of carbonyl (C=O) groups is 1. The minimum atomic E-state index is -3.27. The number of hydrogen-bond acceptors (Lipinski definition) is 5. The van der Waals surface area contributed by atoms with E-state index in [0.717, 1.165) is 5.56 Å². The van der Waals surface area contributed by atoms with Crippen molar-refractivity contribution in [3.05, 3.63) is 23.8 Å². The maximum Gasteiger partial charge on any atom is 0.224 e. The molecular weight excluding hydrogens is 356 g/mol. The van der Waals surface area contributed by atoms with Gasteiger partial charge in [-0.1, -0.05) is 13.0 Å². The van der Waals surface area contributed by atoms with Crippen LogP contribution in [0.25, 0.3) is 0 Å². The Morgan fingerprint density at radius 2 is 2.00 bits per heavy atom. The fraction of sp³-hybridized carbons (Fsp3) is 0.611. The highest BCUT2D eigenvalue weighted by atomic mass is 32.2. The minimum Gasteiger partial charge on any atom is -0.493 e. The Labute approximate surface area is 155 Å². The van der Waals surface area contributed by atoms with Gasteiger partial charge in [-0.25, -0.2) is 12.7 Å². The molecule has 1 aliphatic heterocycles. The molecule has 0 bridgehead atoms. The molecule has 1 aromatic rings. The molecule has 0 aliphatic carbocycles. The van der Waals surface area contributed by atoms with Crippen LogP contribution >= 0.6 is 0 Å². The molecule has 0 saturated carbocycles. The van der Waals surface area contributed by atoms with E-state index in [-0.39, 0.29) is 24.4 Å². The first-order valence-electron chi connectivity index (χ1n) is 8.77. The van der Waals surface area contributed by atoms with E-state index < -0.39 is 10.0 Å². The lowest BCUT2D eigenvalue weighted by Gasteiger charge is -2.31. The van der Waals surface area contributed by atoms with E-state index in [0.29, 0.717) is 37.3 Å². The van der Waals surface area contributed by atoms with Crippen molar-refractivity contribution in [2.24, 2.45) is 5.92 Å². The average Bonchev–Trinajstić information content (AvgIpc) is 2.64. The van der Waals surface area contributed by atoms with Crippen molar-refractivity contribution in [2.75, 3.05) is 33.6 Å². The summed E-state index contributed by atoms with van der Waals surface area (Å²) < 4.78 is 35.5. The molecular formula is C18H28N2O5S. The standard InChI is InChI=1S/C18H28N2O5S/c1-5-15(13-8-9-16(24-2)17(11-13)25-3)19-18(21)14-7-6-10-20(12-14)26(4,22)23/h8-9,11,14-15H,5-7,10,12H2,1-4H3,(H,19,21)/t14-,15-/m1/s1. The summed E-state index contributed by atoms with van der Waals surface area (Å²) in [5.74, 6) is 0.805. The molecule has 7 nitrogen and oxygen atoms in total. The first kappa shape index (κ1) is 20.5. The second-order valence-electron chi connectivity index (χ2n) is 6.54. The second-order valence-corrected chi connectivity index (χ2v) is 8.53. The highest BCUT2D eigenvalue weighted by molar-refractivity contribution is 7.88. The first-order chi connectivity index (χ1) is 12.3. The molecule has 0 aromatic heterocycles. The molecule has 0 spiro atoms. The molecule has 1 aliphatic rings. The number of benzene rings is 1. The lowest BCUT2D eigenvalue weighted by molar-refractivity contribution is -0.126. The Bertz CT molecular complexity index is 735. The number of sulfonamides is 1. The van der Waals surface area contributed by atoms with Crippen LogP contribution < -0.4 is 14.8 Å². The van der Waals surface area contributed by atoms with Crippen LogP contribution in [0.5, 0.6) is 11.5 Å². The van der Waals surface area contributed by atoms with Gasteiger partial charge in [0.2, 0.25) is 15.9 Å². The quantitative estimate of drug-likeness (QED) is 0.777. The average molecular weight is 384 g/mol. The highest BCUT2D eigenvalue weighted by Crippen LogP contribution is 2.31. The maximum atomic E-state index is 12.7. The van der Waals surface area contributed by atoms with Gasteiger partial charge in [0, 0.05) is 13.1 Å². The van der Waals surface area contributed by atoms with Gasteiger partial charge in [-0.2, -0.15) is 0 Å². The molecule has 0 radical (unpaired) electrons. The van der Waals surface area contributed by atoms with Gasteiger partial charge in [-0.3, -0.25) is 4.79 Å². The lowest BCUT2D eigenvalue weighted by Crippen LogP contribution is -2.45. The van der Waals surface area contributed by atoms with Crippen LogP contribution in [0, 0.1) is 5.92 Å². The Hall–Kier alpha value is -1.80. The Balaban J connectivity index is 2.11. The van der Waals surface area contributed by atoms with Crippen LogP contribution in [0.15, 0.2) is 18.2 Å². The summed E-state index contributed by atoms with van der Waals surface area (Å²) in [6.45, 7) is 2.72. The third-order valence-corrected chi connectivity index (χ3v) is 6.03. The zero-order valence-electron chi connectivity index (χ0n) is 15.8. The molecule has 1 amide bonds. The predicted molar refractivity (Wildman–Crippen MR) is 99.9 cm³/mol. The van der Waals surface area contributed by atoms with Crippen LogP contribution in [0.2, 0.25) is 0 Å². The number of nitrogens with zero attached hydrogens (tertiary/aromatic N) is 1. The fourth-order valence-corrected chi connectivity index (χ4v) is 4.15. The van der Waals surface area contributed by atoms with Crippen molar-refractivity contribution >= 4 is 15.9 Å². The van der Waals surface area contributed by atoms with E-state index in [1.54, 1.807) is 14.2 Å². The zero-order chi connectivity index (χ0) is 19.3. The number of carbonyl (C=O) groups excluding carboxylic acids is 1. The van der Waals surface area contributed by atoms with E-state index >= 15 is 0 Å². The predicted octanol–water partition coefficient (Wildman–Crippen LogP) is 1.94. The number of nitrogens with one attached hydrogen (secondary N) is 1. The molecule has 1 aromatic carbocycles. The summed E-state index contributed by atoms with van der Waals surface area (Å²) in [5, 5.41) is 3.06. The lowest BCUT2D eigenvalue weighted by atomic mass is 9.97. The van der Waals surface area contributed by atoms with Gasteiger partial charge in [0.05, 0.1) is 32.4 Å². The molecule has 1 fully saturated rings. The van der Waals surface area contributed by atoms with Crippen LogP contribution in [0.4, 0.5) is 0 Å². The molecule has 1 N–H and O–H groups in total. The van der Waals surface area contributed by atoms with Gasteiger partial charge in [0.1, 0.15) is 0 Å². The van der Waals surface area contributed by atoms with E-state index in [1.165, 1.54) is 10.6 Å². The Kier molecular flexibility index (Phi) is 6.88. The molecule has 26 heavy (non-hydrogen) atoms. The largest absolute Gasteiger partial charge is 0.493 e. The molecule has 2 rings (SSSR count). The normalized spacial score (nSPS) is 19.6. The molecule has 146 valence electrons. The molecule has 1 saturated heterocycles. The van der Waals surface area contributed by atoms with Crippen molar-refractivity contribution in [3.63, 3.8) is 0 Å². The molecule has 2 atom stereocenters. The van der Waals surface area contributed by atoms with E-state index in [2.05, 4.69) is 5.32 Å². The zero-order valence-corrected chi connectivity index (χ0v) is 16.6. The smallest absolute Gasteiger partial charge is 0.224 e. The van der Waals surface area contributed by atoms with Gasteiger partial charge < -0.3 is 14.8 Å². The number of methoxy groups -OCH3 is 2. The maximum absolute atomic E-state index is 12.7. The van der Waals surface area contributed by atoms with Crippen molar-refractivity contribution < 1.29 is 22.7 Å². The van der Waals surface area contributed by atoms with Gasteiger partial charge in [0.25, 0.3) is 0 Å². The number of amides is 1. The van der Waals surface area contributed by atoms with Gasteiger partial charge >= 0.3 is 0 Å². The third kappa shape index (κ3) is 4.88. The van der Waals surface area contributed by atoms with E-state index in [4.69, 9.17) is 9.47 Å². The van der Waals surface area contributed by atoms with Crippen LogP contribution in [-0.4, -0.2) is 52.2 Å². The Morgan fingerprint density at radius 1 is 1.31 bits per heavy atom. The highest BCUT2D eigenvalue weighted by Gasteiger charge is 2.31. The van der Waals surface area contributed by atoms with Gasteiger partial charge in [0.15, 0.2) is 11.5 Å². The SMILES string of the molecule is CC[C@@H](NC(=O)[C@@H]1CCCN(S(C)(=O)=O)C1)c1ccc(OC)c(OC)c1. The second kappa shape index (κ2) is 8.73. The summed E-state index contributed by atoms with van der Waals surface area (Å²) in [4.78, 5) is 12.7. The van der Waals surface area contributed by atoms with Gasteiger partial charge in [-0.15, -0.1) is 0 Å². The van der Waals surface area contributed by atoms with Crippen molar-refractivity contribution in [1.82, 2.24) is 9.62 Å². The minimum absolute atomic E-state index is 0.111. The van der Waals surface area contributed by atoms with Crippen LogP contribution in [0.1, 0.15) is 37.8 Å². The van der Waals surface area contributed by atoms with Crippen LogP contribution in [-0.2, 0) is 14.8 Å². The summed E-state index contributed by atoms with van der Waals surface area (Å²) in [6, 6.07) is 5.40. The fourth-order valence-electron chi connectivity index (χ4n) is 3.24. The third-order valence-electron chi connectivity index (χ3n) is 4.76. The van der Waals surface area contributed by atoms with Crippen molar-refractivity contribution in [2.45, 2.75) is 32.2 Å². The summed E-state index contributed by atoms with van der Waals surface area (Å²) >= 11 is 0. The van der Waals surface area contributed by atoms with Crippen LogP contribution in [0.3, 0.4) is 0 Å². The number of hydrogen-bond donors (Lipinski definition) is 1. The monoisotopic (exact) mass is 384 g/mol. The number of piperidine rings is 1. The molecule has 8 heteroatoms. The topological polar surface area (TPSA) is 84.9 Å². The van der Waals surface area contributed by atoms with E-state index in [9.17, 15) is 13.2 Å². The van der Waals surface area contributed by atoms with E-state index in [1.807, 2.05) is 25.1 Å². The Morgan fingerprint density at radius 3 is 2.58 bits per heavy atom. The first-order valence-corrected chi connectivity index (χ1v) is 10.6. The summed E-state index contributed by atoms with van der Waals surface area (Å²) in [7, 11) is -0.123. The summed E-state index contributed by atoms with van der Waals surface area (Å²) in [5.41, 5.74) is 0.925.